The van der Waals surface area contributed by atoms with Gasteiger partial charge in [-0.15, -0.1) is 11.3 Å². The fraction of sp³-hybridized carbons (Fsp3) is 0.158. The van der Waals surface area contributed by atoms with Gasteiger partial charge in [0.15, 0.2) is 10.7 Å². The SMILES string of the molecule is Cc1csc(NC(=O)c2cc3occc3n2Cc2ccccc2C)n1. The molecule has 6 heteroatoms. The molecule has 1 amide bonds. The highest BCUT2D eigenvalue weighted by Gasteiger charge is 2.19. The quantitative estimate of drug-likeness (QED) is 0.584. The Kier molecular flexibility index (Phi) is 3.89. The van der Waals surface area contributed by atoms with E-state index in [-0.39, 0.29) is 5.91 Å². The lowest BCUT2D eigenvalue weighted by molar-refractivity contribution is 0.101. The summed E-state index contributed by atoms with van der Waals surface area (Å²) in [6.45, 7) is 4.58. The van der Waals surface area contributed by atoms with Crippen LogP contribution in [-0.4, -0.2) is 15.5 Å². The number of carbonyl (C=O) groups is 1. The second-order valence-electron chi connectivity index (χ2n) is 5.96. The fourth-order valence-electron chi connectivity index (χ4n) is 2.87. The van der Waals surface area contributed by atoms with E-state index in [4.69, 9.17) is 4.42 Å². The summed E-state index contributed by atoms with van der Waals surface area (Å²) in [6, 6.07) is 11.8. The number of aryl methyl sites for hydroxylation is 2. The molecular weight excluding hydrogens is 334 g/mol. The third-order valence-electron chi connectivity index (χ3n) is 4.18. The van der Waals surface area contributed by atoms with Crippen LogP contribution < -0.4 is 5.32 Å². The van der Waals surface area contributed by atoms with E-state index in [9.17, 15) is 4.79 Å². The number of nitrogens with zero attached hydrogens (tertiary/aromatic N) is 2. The zero-order valence-electron chi connectivity index (χ0n) is 13.9. The van der Waals surface area contributed by atoms with Gasteiger partial charge in [-0.25, -0.2) is 4.98 Å². The Bertz CT molecular complexity index is 1060. The molecule has 0 aliphatic carbocycles. The summed E-state index contributed by atoms with van der Waals surface area (Å²) in [5, 5.41) is 5.39. The second kappa shape index (κ2) is 6.22. The molecular formula is C19H17N3O2S. The van der Waals surface area contributed by atoms with Gasteiger partial charge in [-0.05, 0) is 25.0 Å². The first-order chi connectivity index (χ1) is 12.1. The maximum atomic E-state index is 12.8. The van der Waals surface area contributed by atoms with Gasteiger partial charge < -0.3 is 8.98 Å². The third-order valence-corrected chi connectivity index (χ3v) is 5.06. The molecule has 1 N–H and O–H groups in total. The van der Waals surface area contributed by atoms with Gasteiger partial charge in [-0.3, -0.25) is 10.1 Å². The number of carbonyl (C=O) groups excluding carboxylic acids is 1. The summed E-state index contributed by atoms with van der Waals surface area (Å²) < 4.78 is 7.48. The Labute approximate surface area is 148 Å². The summed E-state index contributed by atoms with van der Waals surface area (Å²) >= 11 is 1.42. The van der Waals surface area contributed by atoms with E-state index in [1.165, 1.54) is 22.5 Å². The molecule has 0 bridgehead atoms. The maximum absolute atomic E-state index is 12.8. The maximum Gasteiger partial charge on any atom is 0.274 e. The molecule has 126 valence electrons. The number of rotatable bonds is 4. The molecule has 0 radical (unpaired) electrons. The molecule has 4 rings (SSSR count). The average Bonchev–Trinajstić information content (AvgIpc) is 3.27. The number of nitrogens with one attached hydrogen (secondary N) is 1. The van der Waals surface area contributed by atoms with Gasteiger partial charge in [0.1, 0.15) is 5.69 Å². The van der Waals surface area contributed by atoms with E-state index in [2.05, 4.69) is 29.4 Å². The Morgan fingerprint density at radius 3 is 2.88 bits per heavy atom. The zero-order chi connectivity index (χ0) is 17.4. The highest BCUT2D eigenvalue weighted by Crippen LogP contribution is 2.24. The largest absolute Gasteiger partial charge is 0.463 e. The zero-order valence-corrected chi connectivity index (χ0v) is 14.8. The summed E-state index contributed by atoms with van der Waals surface area (Å²) in [7, 11) is 0. The molecule has 0 saturated carbocycles. The molecule has 3 aromatic heterocycles. The minimum Gasteiger partial charge on any atom is -0.463 e. The Morgan fingerprint density at radius 2 is 2.12 bits per heavy atom. The standard InChI is InChI=1S/C19H17N3O2S/c1-12-5-3-4-6-14(12)10-22-15-7-8-24-17(15)9-16(22)18(23)21-19-20-13(2)11-25-19/h3-9,11H,10H2,1-2H3,(H,20,21,23). The van der Waals surface area contributed by atoms with Gasteiger partial charge in [0.25, 0.3) is 5.91 Å². The lowest BCUT2D eigenvalue weighted by atomic mass is 10.1. The molecule has 0 unspecified atom stereocenters. The predicted octanol–water partition coefficient (Wildman–Crippen LogP) is 4.61. The summed E-state index contributed by atoms with van der Waals surface area (Å²) in [5.74, 6) is -0.186. The molecule has 0 aliphatic rings. The van der Waals surface area contributed by atoms with Gasteiger partial charge in [-0.2, -0.15) is 0 Å². The average molecular weight is 351 g/mol. The van der Waals surface area contributed by atoms with Crippen LogP contribution in [0.2, 0.25) is 0 Å². The van der Waals surface area contributed by atoms with Crippen molar-refractivity contribution in [3.63, 3.8) is 0 Å². The van der Waals surface area contributed by atoms with E-state index in [1.54, 1.807) is 12.3 Å². The van der Waals surface area contributed by atoms with E-state index >= 15 is 0 Å². The lowest BCUT2D eigenvalue weighted by Crippen LogP contribution is -2.17. The topological polar surface area (TPSA) is 60.1 Å². The fourth-order valence-corrected chi connectivity index (χ4v) is 3.55. The Balaban J connectivity index is 1.72. The van der Waals surface area contributed by atoms with Crippen molar-refractivity contribution in [1.29, 1.82) is 0 Å². The summed E-state index contributed by atoms with van der Waals surface area (Å²) in [4.78, 5) is 17.1. The van der Waals surface area contributed by atoms with Gasteiger partial charge in [0.2, 0.25) is 0 Å². The van der Waals surface area contributed by atoms with Gasteiger partial charge in [0.05, 0.1) is 17.5 Å². The van der Waals surface area contributed by atoms with E-state index < -0.39 is 0 Å². The lowest BCUT2D eigenvalue weighted by Gasteiger charge is -2.11. The molecule has 0 fully saturated rings. The van der Waals surface area contributed by atoms with Gasteiger partial charge >= 0.3 is 0 Å². The van der Waals surface area contributed by atoms with Crippen molar-refractivity contribution >= 4 is 33.5 Å². The Morgan fingerprint density at radius 1 is 1.28 bits per heavy atom. The van der Waals surface area contributed by atoms with E-state index in [0.717, 1.165) is 11.2 Å². The number of furan rings is 1. The monoisotopic (exact) mass is 351 g/mol. The van der Waals surface area contributed by atoms with Crippen LogP contribution in [0.15, 0.2) is 52.5 Å². The van der Waals surface area contributed by atoms with Crippen LogP contribution in [0.3, 0.4) is 0 Å². The number of hydrogen-bond acceptors (Lipinski definition) is 4. The molecule has 0 atom stereocenters. The minimum atomic E-state index is -0.186. The first-order valence-corrected chi connectivity index (χ1v) is 8.84. The van der Waals surface area contributed by atoms with Crippen LogP contribution in [0.1, 0.15) is 27.3 Å². The molecule has 1 aromatic carbocycles. The second-order valence-corrected chi connectivity index (χ2v) is 6.82. The molecule has 0 spiro atoms. The number of benzene rings is 1. The smallest absolute Gasteiger partial charge is 0.274 e. The highest BCUT2D eigenvalue weighted by atomic mass is 32.1. The van der Waals surface area contributed by atoms with Crippen molar-refractivity contribution in [2.45, 2.75) is 20.4 Å². The molecule has 5 nitrogen and oxygen atoms in total. The van der Waals surface area contributed by atoms with E-state index in [0.29, 0.717) is 23.0 Å². The van der Waals surface area contributed by atoms with Gasteiger partial charge in [0, 0.05) is 24.1 Å². The van der Waals surface area contributed by atoms with Crippen LogP contribution in [0.25, 0.3) is 11.1 Å². The third kappa shape index (κ3) is 2.96. The van der Waals surface area contributed by atoms with Crippen LogP contribution >= 0.6 is 11.3 Å². The molecule has 0 saturated heterocycles. The van der Waals surface area contributed by atoms with Gasteiger partial charge in [-0.1, -0.05) is 24.3 Å². The number of aromatic nitrogens is 2. The number of fused-ring (bicyclic) bond motifs is 1. The predicted molar refractivity (Wildman–Crippen MR) is 99.3 cm³/mol. The van der Waals surface area contributed by atoms with Crippen molar-refractivity contribution in [3.05, 3.63) is 70.6 Å². The van der Waals surface area contributed by atoms with Crippen LogP contribution in [0.4, 0.5) is 5.13 Å². The number of hydrogen-bond donors (Lipinski definition) is 1. The van der Waals surface area contributed by atoms with E-state index in [1.807, 2.05) is 35.1 Å². The van der Waals surface area contributed by atoms with Crippen molar-refractivity contribution < 1.29 is 9.21 Å². The first kappa shape index (κ1) is 15.7. The van der Waals surface area contributed by atoms with Crippen LogP contribution in [0, 0.1) is 13.8 Å². The van der Waals surface area contributed by atoms with Crippen LogP contribution in [-0.2, 0) is 6.54 Å². The van der Waals surface area contributed by atoms with Crippen molar-refractivity contribution in [2.24, 2.45) is 0 Å². The van der Waals surface area contributed by atoms with Crippen molar-refractivity contribution in [1.82, 2.24) is 9.55 Å². The highest BCUT2D eigenvalue weighted by molar-refractivity contribution is 7.13. The minimum absolute atomic E-state index is 0.186. The molecule has 0 aliphatic heterocycles. The first-order valence-electron chi connectivity index (χ1n) is 7.96. The van der Waals surface area contributed by atoms with Crippen LogP contribution in [0.5, 0.6) is 0 Å². The number of anilines is 1. The number of amides is 1. The molecule has 25 heavy (non-hydrogen) atoms. The molecule has 4 aromatic rings. The summed E-state index contributed by atoms with van der Waals surface area (Å²) in [6.07, 6.45) is 1.64. The normalized spacial score (nSPS) is 11.1. The number of thiazole rings is 1. The Hall–Kier alpha value is -2.86. The van der Waals surface area contributed by atoms with Crippen molar-refractivity contribution in [3.8, 4) is 0 Å². The summed E-state index contributed by atoms with van der Waals surface area (Å²) in [5.41, 5.74) is 5.42. The molecule has 3 heterocycles. The van der Waals surface area contributed by atoms with Crippen molar-refractivity contribution in [2.75, 3.05) is 5.32 Å².